The second kappa shape index (κ2) is 7.35. The second-order valence-electron chi connectivity index (χ2n) is 5.82. The predicted octanol–water partition coefficient (Wildman–Crippen LogP) is 2.68. The van der Waals surface area contributed by atoms with E-state index in [0.29, 0.717) is 26.2 Å². The van der Waals surface area contributed by atoms with Crippen molar-refractivity contribution in [1.82, 2.24) is 10.2 Å². The molecule has 0 aliphatic carbocycles. The summed E-state index contributed by atoms with van der Waals surface area (Å²) in [5.41, 5.74) is 3.04. The summed E-state index contributed by atoms with van der Waals surface area (Å²) in [4.78, 5) is 27.3. The number of carbonyl (C=O) groups is 2. The number of nitrogens with one attached hydrogen (secondary N) is 1. The van der Waals surface area contributed by atoms with Crippen molar-refractivity contribution in [3.05, 3.63) is 29.3 Å². The summed E-state index contributed by atoms with van der Waals surface area (Å²) in [6.07, 6.45) is -0.695. The van der Waals surface area contributed by atoms with E-state index in [4.69, 9.17) is 4.74 Å². The summed E-state index contributed by atoms with van der Waals surface area (Å²) in [5.74, 6) is 0. The Morgan fingerprint density at radius 1 is 1.26 bits per heavy atom. The third kappa shape index (κ3) is 4.15. The number of hydrogen-bond donors (Lipinski definition) is 1. The molecule has 3 amide bonds. The van der Waals surface area contributed by atoms with Crippen LogP contribution in [-0.2, 0) is 4.74 Å². The van der Waals surface area contributed by atoms with Crippen LogP contribution in [0.15, 0.2) is 18.2 Å². The highest BCUT2D eigenvalue weighted by atomic mass is 16.6. The van der Waals surface area contributed by atoms with Crippen LogP contribution in [0, 0.1) is 13.8 Å². The number of ether oxygens (including phenoxy) is 1. The number of cyclic esters (lactones) is 1. The van der Waals surface area contributed by atoms with Gasteiger partial charge in [-0.05, 0) is 51.0 Å². The zero-order chi connectivity index (χ0) is 17.0. The van der Waals surface area contributed by atoms with Gasteiger partial charge in [-0.1, -0.05) is 6.07 Å². The maximum absolute atomic E-state index is 12.1. The van der Waals surface area contributed by atoms with Gasteiger partial charge in [0, 0.05) is 18.8 Å². The van der Waals surface area contributed by atoms with Gasteiger partial charge in [0.2, 0.25) is 0 Å². The molecule has 1 atom stereocenters. The van der Waals surface area contributed by atoms with Crippen LogP contribution in [0.5, 0.6) is 0 Å². The van der Waals surface area contributed by atoms with Gasteiger partial charge < -0.3 is 15.0 Å². The highest BCUT2D eigenvalue weighted by Gasteiger charge is 2.32. The molecule has 1 aliphatic rings. The van der Waals surface area contributed by atoms with Crippen molar-refractivity contribution in [2.45, 2.75) is 33.8 Å². The standard InChI is InChI=1S/C17H25N3O3/c1-5-19(6-2)16(21)18-10-15-11-20(17(22)23-15)14-8-12(3)7-13(4)9-14/h7-9,15H,5-6,10-11H2,1-4H3,(H,18,21). The minimum Gasteiger partial charge on any atom is -0.442 e. The van der Waals surface area contributed by atoms with Gasteiger partial charge in [-0.25, -0.2) is 9.59 Å². The lowest BCUT2D eigenvalue weighted by atomic mass is 10.1. The number of amides is 3. The van der Waals surface area contributed by atoms with E-state index in [2.05, 4.69) is 11.4 Å². The minimum atomic E-state index is -0.364. The highest BCUT2D eigenvalue weighted by Crippen LogP contribution is 2.24. The first-order chi connectivity index (χ1) is 10.9. The van der Waals surface area contributed by atoms with Crippen molar-refractivity contribution in [3.8, 4) is 0 Å². The van der Waals surface area contributed by atoms with Crippen LogP contribution < -0.4 is 10.2 Å². The van der Waals surface area contributed by atoms with Gasteiger partial charge in [0.25, 0.3) is 0 Å². The number of urea groups is 1. The van der Waals surface area contributed by atoms with E-state index in [1.54, 1.807) is 9.80 Å². The van der Waals surface area contributed by atoms with E-state index < -0.39 is 0 Å². The molecule has 1 unspecified atom stereocenters. The molecule has 23 heavy (non-hydrogen) atoms. The van der Waals surface area contributed by atoms with Gasteiger partial charge in [-0.2, -0.15) is 0 Å². The molecule has 6 nitrogen and oxygen atoms in total. The van der Waals surface area contributed by atoms with Crippen LogP contribution in [-0.4, -0.2) is 49.3 Å². The molecule has 0 spiro atoms. The summed E-state index contributed by atoms with van der Waals surface area (Å²) in [7, 11) is 0. The van der Waals surface area contributed by atoms with Gasteiger partial charge in [-0.15, -0.1) is 0 Å². The first-order valence-corrected chi connectivity index (χ1v) is 8.03. The van der Waals surface area contributed by atoms with Gasteiger partial charge in [0.15, 0.2) is 0 Å². The van der Waals surface area contributed by atoms with Crippen LogP contribution >= 0.6 is 0 Å². The zero-order valence-electron chi connectivity index (χ0n) is 14.3. The summed E-state index contributed by atoms with van der Waals surface area (Å²) >= 11 is 0. The van der Waals surface area contributed by atoms with E-state index in [0.717, 1.165) is 16.8 Å². The first-order valence-electron chi connectivity index (χ1n) is 8.03. The molecule has 1 fully saturated rings. The number of hydrogen-bond acceptors (Lipinski definition) is 3. The topological polar surface area (TPSA) is 61.9 Å². The lowest BCUT2D eigenvalue weighted by Gasteiger charge is -2.20. The van der Waals surface area contributed by atoms with Crippen LogP contribution in [0.2, 0.25) is 0 Å². The Morgan fingerprint density at radius 2 is 1.87 bits per heavy atom. The van der Waals surface area contributed by atoms with Crippen molar-refractivity contribution in [2.75, 3.05) is 31.1 Å². The lowest BCUT2D eigenvalue weighted by molar-refractivity contribution is 0.138. The zero-order valence-corrected chi connectivity index (χ0v) is 14.3. The number of carbonyl (C=O) groups excluding carboxylic acids is 2. The van der Waals surface area contributed by atoms with E-state index in [1.807, 2.05) is 39.8 Å². The first kappa shape index (κ1) is 17.1. The molecule has 1 N–H and O–H groups in total. The molecule has 1 saturated heterocycles. The third-order valence-electron chi connectivity index (χ3n) is 3.92. The third-order valence-corrected chi connectivity index (χ3v) is 3.92. The average Bonchev–Trinajstić information content (AvgIpc) is 2.86. The number of nitrogens with zero attached hydrogens (tertiary/aromatic N) is 2. The van der Waals surface area contributed by atoms with E-state index in [9.17, 15) is 9.59 Å². The molecule has 0 radical (unpaired) electrons. The summed E-state index contributed by atoms with van der Waals surface area (Å²) in [6, 6.07) is 5.86. The Kier molecular flexibility index (Phi) is 5.47. The van der Waals surface area contributed by atoms with Gasteiger partial charge >= 0.3 is 12.1 Å². The molecular weight excluding hydrogens is 294 g/mol. The lowest BCUT2D eigenvalue weighted by Crippen LogP contribution is -2.43. The highest BCUT2D eigenvalue weighted by molar-refractivity contribution is 5.90. The molecule has 126 valence electrons. The van der Waals surface area contributed by atoms with Crippen molar-refractivity contribution in [1.29, 1.82) is 0 Å². The molecule has 1 aromatic carbocycles. The molecule has 1 aromatic rings. The summed E-state index contributed by atoms with van der Waals surface area (Å²) in [6.45, 7) is 9.94. The van der Waals surface area contributed by atoms with E-state index in [-0.39, 0.29) is 18.2 Å². The van der Waals surface area contributed by atoms with Crippen LogP contribution in [0.25, 0.3) is 0 Å². The average molecular weight is 319 g/mol. The SMILES string of the molecule is CCN(CC)C(=O)NCC1CN(c2cc(C)cc(C)c2)C(=O)O1. The molecule has 0 aromatic heterocycles. The number of benzene rings is 1. The smallest absolute Gasteiger partial charge is 0.414 e. The van der Waals surface area contributed by atoms with Crippen molar-refractivity contribution in [2.24, 2.45) is 0 Å². The minimum absolute atomic E-state index is 0.129. The van der Waals surface area contributed by atoms with Gasteiger partial charge in [-0.3, -0.25) is 4.90 Å². The Balaban J connectivity index is 1.96. The quantitative estimate of drug-likeness (QED) is 0.907. The molecule has 6 heteroatoms. The fraction of sp³-hybridized carbons (Fsp3) is 0.529. The summed E-state index contributed by atoms with van der Waals surface area (Å²) in [5, 5.41) is 2.82. The Morgan fingerprint density at radius 3 is 2.43 bits per heavy atom. The van der Waals surface area contributed by atoms with Crippen molar-refractivity contribution >= 4 is 17.8 Å². The van der Waals surface area contributed by atoms with Crippen molar-refractivity contribution in [3.63, 3.8) is 0 Å². The number of anilines is 1. The van der Waals surface area contributed by atoms with E-state index >= 15 is 0 Å². The van der Waals surface area contributed by atoms with Crippen molar-refractivity contribution < 1.29 is 14.3 Å². The molecule has 2 rings (SSSR count). The number of rotatable bonds is 5. The second-order valence-corrected chi connectivity index (χ2v) is 5.82. The fourth-order valence-corrected chi connectivity index (χ4v) is 2.77. The summed E-state index contributed by atoms with van der Waals surface area (Å²) < 4.78 is 5.36. The Bertz CT molecular complexity index is 564. The van der Waals surface area contributed by atoms with Gasteiger partial charge in [0.1, 0.15) is 6.10 Å². The van der Waals surface area contributed by atoms with Gasteiger partial charge in [0.05, 0.1) is 13.1 Å². The fourth-order valence-electron chi connectivity index (χ4n) is 2.77. The number of aryl methyl sites for hydroxylation is 2. The molecule has 1 aliphatic heterocycles. The van der Waals surface area contributed by atoms with Crippen LogP contribution in [0.3, 0.4) is 0 Å². The van der Waals surface area contributed by atoms with E-state index in [1.165, 1.54) is 0 Å². The maximum Gasteiger partial charge on any atom is 0.414 e. The molecule has 0 saturated carbocycles. The monoisotopic (exact) mass is 319 g/mol. The largest absolute Gasteiger partial charge is 0.442 e. The molecular formula is C17H25N3O3. The maximum atomic E-state index is 12.1. The normalized spacial score (nSPS) is 17.1. The van der Waals surface area contributed by atoms with Crippen LogP contribution in [0.4, 0.5) is 15.3 Å². The molecule has 0 bridgehead atoms. The van der Waals surface area contributed by atoms with Crippen LogP contribution in [0.1, 0.15) is 25.0 Å². The predicted molar refractivity (Wildman–Crippen MR) is 89.9 cm³/mol. The Hall–Kier alpha value is -2.24. The Labute approximate surface area is 137 Å². The molecule has 1 heterocycles.